The van der Waals surface area contributed by atoms with Crippen molar-refractivity contribution in [2.24, 2.45) is 0 Å². The maximum Gasteiger partial charge on any atom is 0.292 e. The van der Waals surface area contributed by atoms with Gasteiger partial charge in [0.1, 0.15) is 5.82 Å². The summed E-state index contributed by atoms with van der Waals surface area (Å²) in [5.74, 6) is -0.941. The Labute approximate surface area is 166 Å². The number of nitro benzene ring substituents is 1. The molecule has 2 aromatic rings. The monoisotopic (exact) mass is 399 g/mol. The lowest BCUT2D eigenvalue weighted by molar-refractivity contribution is -0.915. The number of nitrogens with one attached hydrogen (secondary N) is 1. The molecule has 2 fully saturated rings. The van der Waals surface area contributed by atoms with E-state index in [0.29, 0.717) is 26.2 Å². The van der Waals surface area contributed by atoms with E-state index < -0.39 is 11.0 Å². The lowest BCUT2D eigenvalue weighted by atomic mass is 10.1. The van der Waals surface area contributed by atoms with Crippen LogP contribution in [0.15, 0.2) is 48.5 Å². The first-order chi connectivity index (χ1) is 13.9. The van der Waals surface area contributed by atoms with Crippen molar-refractivity contribution < 1.29 is 23.8 Å². The van der Waals surface area contributed by atoms with Gasteiger partial charge in [0.05, 0.1) is 43.2 Å². The zero-order chi connectivity index (χ0) is 20.5. The third kappa shape index (κ3) is 3.68. The van der Waals surface area contributed by atoms with Gasteiger partial charge in [-0.3, -0.25) is 19.7 Å². The highest BCUT2D eigenvalue weighted by atomic mass is 19.1. The lowest BCUT2D eigenvalue weighted by Gasteiger charge is -2.35. The minimum atomic E-state index is -0.550. The van der Waals surface area contributed by atoms with Gasteiger partial charge in [0, 0.05) is 17.8 Å². The number of hydrogen-bond acceptors (Lipinski definition) is 5. The van der Waals surface area contributed by atoms with Crippen molar-refractivity contribution in [1.29, 1.82) is 0 Å². The first kappa shape index (κ1) is 19.0. The molecule has 0 radical (unpaired) electrons. The van der Waals surface area contributed by atoms with Crippen LogP contribution < -0.4 is 14.7 Å². The summed E-state index contributed by atoms with van der Waals surface area (Å²) in [6.07, 6.45) is 0.0907. The first-order valence-corrected chi connectivity index (χ1v) is 9.40. The van der Waals surface area contributed by atoms with Gasteiger partial charge in [0.25, 0.3) is 11.6 Å². The van der Waals surface area contributed by atoms with Crippen LogP contribution in [0.3, 0.4) is 0 Å². The Balaban J connectivity index is 1.45. The van der Waals surface area contributed by atoms with E-state index in [1.54, 1.807) is 12.1 Å². The molecule has 2 aromatic carbocycles. The van der Waals surface area contributed by atoms with E-state index >= 15 is 0 Å². The number of imide groups is 1. The minimum Gasteiger partial charge on any atom is -0.360 e. The number of halogens is 1. The van der Waals surface area contributed by atoms with Crippen LogP contribution in [0.25, 0.3) is 0 Å². The first-order valence-electron chi connectivity index (χ1n) is 9.40. The van der Waals surface area contributed by atoms with Crippen LogP contribution in [-0.2, 0) is 9.59 Å². The molecule has 2 saturated heterocycles. The summed E-state index contributed by atoms with van der Waals surface area (Å²) in [7, 11) is 0. The summed E-state index contributed by atoms with van der Waals surface area (Å²) in [6.45, 7) is 2.72. The molecule has 2 amide bonds. The van der Waals surface area contributed by atoms with Crippen LogP contribution in [0.2, 0.25) is 0 Å². The van der Waals surface area contributed by atoms with Crippen LogP contribution in [0.5, 0.6) is 0 Å². The maximum absolute atomic E-state index is 13.1. The number of hydrogen-bond donors (Lipinski definition) is 1. The molecule has 0 saturated carbocycles. The number of amides is 2. The fraction of sp³-hybridized carbons (Fsp3) is 0.300. The summed E-state index contributed by atoms with van der Waals surface area (Å²) in [4.78, 5) is 40.1. The fourth-order valence-corrected chi connectivity index (χ4v) is 4.02. The van der Waals surface area contributed by atoms with E-state index in [0.717, 1.165) is 15.5 Å². The highest BCUT2D eigenvalue weighted by Gasteiger charge is 2.46. The van der Waals surface area contributed by atoms with Crippen molar-refractivity contribution in [1.82, 2.24) is 0 Å². The van der Waals surface area contributed by atoms with Crippen molar-refractivity contribution in [2.75, 3.05) is 36.0 Å². The molecule has 1 atom stereocenters. The van der Waals surface area contributed by atoms with Gasteiger partial charge in [-0.25, -0.2) is 9.29 Å². The molecule has 2 aliphatic heterocycles. The molecule has 29 heavy (non-hydrogen) atoms. The van der Waals surface area contributed by atoms with Gasteiger partial charge < -0.3 is 9.80 Å². The van der Waals surface area contributed by atoms with E-state index in [4.69, 9.17) is 0 Å². The fourth-order valence-electron chi connectivity index (χ4n) is 4.02. The molecule has 0 aliphatic carbocycles. The van der Waals surface area contributed by atoms with Crippen LogP contribution in [0.1, 0.15) is 6.42 Å². The number of piperazine rings is 1. The number of nitro groups is 1. The second-order valence-corrected chi connectivity index (χ2v) is 7.22. The number of anilines is 2. The van der Waals surface area contributed by atoms with Crippen molar-refractivity contribution in [3.8, 4) is 0 Å². The van der Waals surface area contributed by atoms with E-state index in [1.165, 1.54) is 36.4 Å². The molecule has 9 heteroatoms. The zero-order valence-electron chi connectivity index (χ0n) is 15.6. The van der Waals surface area contributed by atoms with Gasteiger partial charge in [0.15, 0.2) is 6.04 Å². The molecule has 2 heterocycles. The molecule has 150 valence electrons. The zero-order valence-corrected chi connectivity index (χ0v) is 15.6. The largest absolute Gasteiger partial charge is 0.360 e. The minimum absolute atomic E-state index is 0.0907. The summed E-state index contributed by atoms with van der Waals surface area (Å²) >= 11 is 0. The quantitative estimate of drug-likeness (QED) is 0.466. The number of carbonyl (C=O) groups excluding carboxylic acids is 2. The number of rotatable bonds is 4. The SMILES string of the molecule is O=C1C[C@H]([NH+]2CCN(c3ccc(F)cc3)CC2)C(=O)N1c1cccc([N+](=O)[O-])c1. The van der Waals surface area contributed by atoms with Crippen LogP contribution in [0, 0.1) is 15.9 Å². The molecule has 0 spiro atoms. The predicted octanol–water partition coefficient (Wildman–Crippen LogP) is 0.771. The Kier molecular flexibility index (Phi) is 4.98. The van der Waals surface area contributed by atoms with Gasteiger partial charge >= 0.3 is 0 Å². The topological polar surface area (TPSA) is 88.2 Å². The third-order valence-corrected chi connectivity index (χ3v) is 5.54. The number of carbonyl (C=O) groups is 2. The maximum atomic E-state index is 13.1. The van der Waals surface area contributed by atoms with Gasteiger partial charge in [-0.15, -0.1) is 0 Å². The highest BCUT2D eigenvalue weighted by molar-refractivity contribution is 6.22. The summed E-state index contributed by atoms with van der Waals surface area (Å²) in [6, 6.07) is 11.4. The van der Waals surface area contributed by atoms with Gasteiger partial charge in [0.2, 0.25) is 5.91 Å². The smallest absolute Gasteiger partial charge is 0.292 e. The Morgan fingerprint density at radius 2 is 1.72 bits per heavy atom. The van der Waals surface area contributed by atoms with E-state index in [1.807, 2.05) is 0 Å². The molecule has 1 N–H and O–H groups in total. The van der Waals surface area contributed by atoms with Gasteiger partial charge in [-0.1, -0.05) is 6.07 Å². The molecular weight excluding hydrogens is 379 g/mol. The normalized spacial score (nSPS) is 20.4. The summed E-state index contributed by atoms with van der Waals surface area (Å²) in [5, 5.41) is 11.0. The molecular formula is C20H20FN4O4+. The van der Waals surface area contributed by atoms with Gasteiger partial charge in [-0.2, -0.15) is 0 Å². The van der Waals surface area contributed by atoms with Crippen LogP contribution in [0.4, 0.5) is 21.5 Å². The number of non-ortho nitro benzene ring substituents is 1. The summed E-state index contributed by atoms with van der Waals surface area (Å²) < 4.78 is 13.1. The molecule has 0 aromatic heterocycles. The molecule has 0 bridgehead atoms. The Bertz CT molecular complexity index is 957. The molecule has 2 aliphatic rings. The average molecular weight is 399 g/mol. The predicted molar refractivity (Wildman–Crippen MR) is 103 cm³/mol. The van der Waals surface area contributed by atoms with Crippen LogP contribution in [-0.4, -0.2) is 49.0 Å². The van der Waals surface area contributed by atoms with Crippen molar-refractivity contribution in [2.45, 2.75) is 12.5 Å². The Morgan fingerprint density at radius 1 is 1.03 bits per heavy atom. The number of benzene rings is 2. The lowest BCUT2D eigenvalue weighted by Crippen LogP contribution is -3.19. The van der Waals surface area contributed by atoms with Gasteiger partial charge in [-0.05, 0) is 30.3 Å². The standard InChI is InChI=1S/C20H19FN4O4/c21-14-4-6-15(7-5-14)22-8-10-23(11-9-22)18-13-19(26)24(20(18)27)16-2-1-3-17(12-16)25(28)29/h1-7,12,18H,8-11,13H2/p+1/t18-/m0/s1. The molecule has 0 unspecified atom stereocenters. The van der Waals surface area contributed by atoms with E-state index in [-0.39, 0.29) is 35.4 Å². The van der Waals surface area contributed by atoms with E-state index in [9.17, 15) is 24.1 Å². The highest BCUT2D eigenvalue weighted by Crippen LogP contribution is 2.26. The van der Waals surface area contributed by atoms with Crippen molar-refractivity contribution in [3.63, 3.8) is 0 Å². The number of quaternary nitrogens is 1. The van der Waals surface area contributed by atoms with Crippen molar-refractivity contribution >= 4 is 28.9 Å². The number of nitrogens with zero attached hydrogens (tertiary/aromatic N) is 3. The van der Waals surface area contributed by atoms with Crippen LogP contribution >= 0.6 is 0 Å². The second-order valence-electron chi connectivity index (χ2n) is 7.22. The average Bonchev–Trinajstić information content (AvgIpc) is 3.03. The van der Waals surface area contributed by atoms with E-state index in [2.05, 4.69) is 4.90 Å². The molecule has 4 rings (SSSR count). The second kappa shape index (κ2) is 7.59. The summed E-state index contributed by atoms with van der Waals surface area (Å²) in [5.41, 5.74) is 1.00. The third-order valence-electron chi connectivity index (χ3n) is 5.54. The molecule has 8 nitrogen and oxygen atoms in total. The van der Waals surface area contributed by atoms with Crippen molar-refractivity contribution in [3.05, 3.63) is 64.5 Å². The Hall–Kier alpha value is -3.33. The Morgan fingerprint density at radius 3 is 2.38 bits per heavy atom.